The van der Waals surface area contributed by atoms with Gasteiger partial charge >= 0.3 is 5.97 Å². The molecule has 0 aliphatic rings. The second-order valence-corrected chi connectivity index (χ2v) is 3.61. The van der Waals surface area contributed by atoms with Crippen molar-refractivity contribution in [2.45, 2.75) is 13.0 Å². The lowest BCUT2D eigenvalue weighted by atomic mass is 10.2. The first-order valence-electron chi connectivity index (χ1n) is 5.01. The van der Waals surface area contributed by atoms with Crippen LogP contribution in [0.2, 0.25) is 0 Å². The number of imidazole rings is 1. The van der Waals surface area contributed by atoms with Crippen LogP contribution in [0.15, 0.2) is 24.3 Å². The van der Waals surface area contributed by atoms with Crippen molar-refractivity contribution in [1.29, 1.82) is 0 Å². The van der Waals surface area contributed by atoms with Crippen LogP contribution in [-0.2, 0) is 4.79 Å². The summed E-state index contributed by atoms with van der Waals surface area (Å²) in [6, 6.07) is 6.68. The molecule has 2 rings (SSSR count). The summed E-state index contributed by atoms with van der Waals surface area (Å²) in [5.74, 6) is -0.271. The molecule has 1 aromatic heterocycles. The molecule has 1 heterocycles. The number of para-hydroxylation sites is 2. The van der Waals surface area contributed by atoms with Gasteiger partial charge in [0.1, 0.15) is 11.9 Å². The van der Waals surface area contributed by atoms with Crippen LogP contribution in [0.1, 0.15) is 11.9 Å². The number of nitrogens with two attached hydrogens (primary N) is 1. The Hall–Kier alpha value is -1.88. The zero-order valence-corrected chi connectivity index (χ0v) is 8.92. The van der Waals surface area contributed by atoms with Crippen molar-refractivity contribution in [3.8, 4) is 0 Å². The van der Waals surface area contributed by atoms with Gasteiger partial charge in [-0.25, -0.2) is 9.78 Å². The maximum atomic E-state index is 11.1. The largest absolute Gasteiger partial charge is 0.480 e. The Morgan fingerprint density at radius 3 is 2.88 bits per heavy atom. The summed E-state index contributed by atoms with van der Waals surface area (Å²) >= 11 is 0. The molecule has 5 heteroatoms. The maximum absolute atomic E-state index is 11.1. The van der Waals surface area contributed by atoms with Crippen LogP contribution in [0.3, 0.4) is 0 Å². The van der Waals surface area contributed by atoms with Gasteiger partial charge in [-0.15, -0.1) is 0 Å². The second-order valence-electron chi connectivity index (χ2n) is 3.61. The molecule has 16 heavy (non-hydrogen) atoms. The Morgan fingerprint density at radius 2 is 2.25 bits per heavy atom. The Bertz CT molecular complexity index is 533. The summed E-state index contributed by atoms with van der Waals surface area (Å²) in [6.45, 7) is 1.84. The number of nitrogens with zero attached hydrogens (tertiary/aromatic N) is 2. The minimum absolute atomic E-state index is 0.0521. The number of benzene rings is 1. The second kappa shape index (κ2) is 3.94. The Kier molecular flexibility index (Phi) is 2.62. The van der Waals surface area contributed by atoms with Crippen LogP contribution in [0.25, 0.3) is 11.0 Å². The van der Waals surface area contributed by atoms with Crippen LogP contribution < -0.4 is 5.73 Å². The number of rotatable bonds is 3. The van der Waals surface area contributed by atoms with Crippen LogP contribution in [0.4, 0.5) is 0 Å². The van der Waals surface area contributed by atoms with Crippen molar-refractivity contribution >= 4 is 17.0 Å². The number of hydrogen-bond acceptors (Lipinski definition) is 3. The maximum Gasteiger partial charge on any atom is 0.328 e. The average Bonchev–Trinajstić information content (AvgIpc) is 2.57. The first-order valence-corrected chi connectivity index (χ1v) is 5.01. The molecule has 0 fully saturated rings. The van der Waals surface area contributed by atoms with Gasteiger partial charge in [0.15, 0.2) is 0 Å². The van der Waals surface area contributed by atoms with Crippen LogP contribution in [0.5, 0.6) is 0 Å². The van der Waals surface area contributed by atoms with Gasteiger partial charge in [-0.3, -0.25) is 0 Å². The number of hydrogen-bond donors (Lipinski definition) is 2. The minimum Gasteiger partial charge on any atom is -0.480 e. The topological polar surface area (TPSA) is 81.1 Å². The highest BCUT2D eigenvalue weighted by Crippen LogP contribution is 2.20. The van der Waals surface area contributed by atoms with Crippen LogP contribution in [0, 0.1) is 6.92 Å². The lowest BCUT2D eigenvalue weighted by Gasteiger charge is -2.14. The van der Waals surface area contributed by atoms with Gasteiger partial charge in [-0.1, -0.05) is 12.1 Å². The number of carboxylic acid groups (broad SMARTS) is 1. The number of carbonyl (C=O) groups is 1. The molecule has 1 unspecified atom stereocenters. The van der Waals surface area contributed by atoms with Crippen molar-refractivity contribution < 1.29 is 9.90 Å². The molecular weight excluding hydrogens is 206 g/mol. The van der Waals surface area contributed by atoms with E-state index in [1.165, 1.54) is 0 Å². The van der Waals surface area contributed by atoms with Gasteiger partial charge in [0.25, 0.3) is 0 Å². The van der Waals surface area contributed by atoms with E-state index in [9.17, 15) is 4.79 Å². The zero-order valence-electron chi connectivity index (χ0n) is 8.92. The minimum atomic E-state index is -0.936. The average molecular weight is 219 g/mol. The van der Waals surface area contributed by atoms with Crippen molar-refractivity contribution in [1.82, 2.24) is 9.55 Å². The number of carboxylic acids is 1. The monoisotopic (exact) mass is 219 g/mol. The van der Waals surface area contributed by atoms with Crippen molar-refractivity contribution in [3.63, 3.8) is 0 Å². The summed E-state index contributed by atoms with van der Waals surface area (Å²) in [6.07, 6.45) is 0. The molecular formula is C11H13N3O2. The fourth-order valence-corrected chi connectivity index (χ4v) is 1.88. The summed E-state index contributed by atoms with van der Waals surface area (Å²) in [7, 11) is 0. The summed E-state index contributed by atoms with van der Waals surface area (Å²) in [5, 5.41) is 9.10. The van der Waals surface area contributed by atoms with E-state index in [1.807, 2.05) is 24.3 Å². The van der Waals surface area contributed by atoms with Crippen LogP contribution >= 0.6 is 0 Å². The van der Waals surface area contributed by atoms with E-state index in [1.54, 1.807) is 11.5 Å². The van der Waals surface area contributed by atoms with E-state index in [0.717, 1.165) is 11.0 Å². The molecule has 0 aliphatic carbocycles. The molecule has 84 valence electrons. The van der Waals surface area contributed by atoms with Crippen LogP contribution in [-0.4, -0.2) is 27.2 Å². The van der Waals surface area contributed by atoms with Crippen molar-refractivity contribution in [3.05, 3.63) is 30.1 Å². The molecule has 3 N–H and O–H groups in total. The molecule has 1 atom stereocenters. The third kappa shape index (κ3) is 1.55. The molecule has 0 saturated carbocycles. The first-order chi connectivity index (χ1) is 7.65. The van der Waals surface area contributed by atoms with Gasteiger partial charge in [0.2, 0.25) is 0 Å². The molecule has 5 nitrogen and oxygen atoms in total. The summed E-state index contributed by atoms with van der Waals surface area (Å²) < 4.78 is 1.66. The molecule has 0 bridgehead atoms. The van der Waals surface area contributed by atoms with Gasteiger partial charge in [0.05, 0.1) is 11.0 Å². The van der Waals surface area contributed by atoms with Gasteiger partial charge < -0.3 is 15.4 Å². The first kappa shape index (κ1) is 10.6. The highest BCUT2D eigenvalue weighted by atomic mass is 16.4. The summed E-state index contributed by atoms with van der Waals surface area (Å²) in [5.41, 5.74) is 7.09. The quantitative estimate of drug-likeness (QED) is 0.804. The highest BCUT2D eigenvalue weighted by molar-refractivity contribution is 5.80. The predicted octanol–water partition coefficient (Wildman–Crippen LogP) is 0.929. The number of fused-ring (bicyclic) bond motifs is 1. The van der Waals surface area contributed by atoms with E-state index in [4.69, 9.17) is 10.8 Å². The third-order valence-corrected chi connectivity index (χ3v) is 2.59. The normalized spacial score (nSPS) is 12.9. The van der Waals surface area contributed by atoms with E-state index in [-0.39, 0.29) is 6.54 Å². The lowest BCUT2D eigenvalue weighted by molar-refractivity contribution is -0.140. The van der Waals surface area contributed by atoms with E-state index < -0.39 is 12.0 Å². The Labute approximate surface area is 92.5 Å². The SMILES string of the molecule is Cc1nc2ccccc2n1C(CN)C(=O)O. The molecule has 0 spiro atoms. The van der Waals surface area contributed by atoms with Crippen molar-refractivity contribution in [2.75, 3.05) is 6.54 Å². The highest BCUT2D eigenvalue weighted by Gasteiger charge is 2.21. The van der Waals surface area contributed by atoms with E-state index in [0.29, 0.717) is 5.82 Å². The Morgan fingerprint density at radius 1 is 1.56 bits per heavy atom. The Balaban J connectivity index is 2.66. The number of aliphatic carboxylic acids is 1. The molecule has 0 radical (unpaired) electrons. The smallest absolute Gasteiger partial charge is 0.328 e. The lowest BCUT2D eigenvalue weighted by Crippen LogP contribution is -2.27. The fourth-order valence-electron chi connectivity index (χ4n) is 1.88. The van der Waals surface area contributed by atoms with Gasteiger partial charge in [0, 0.05) is 6.54 Å². The number of aromatic nitrogens is 2. The number of aryl methyl sites for hydroxylation is 1. The zero-order chi connectivity index (χ0) is 11.7. The molecule has 0 aliphatic heterocycles. The fraction of sp³-hybridized carbons (Fsp3) is 0.273. The molecule has 0 saturated heterocycles. The van der Waals surface area contributed by atoms with Crippen molar-refractivity contribution in [2.24, 2.45) is 5.73 Å². The molecule has 1 aromatic carbocycles. The predicted molar refractivity (Wildman–Crippen MR) is 60.2 cm³/mol. The standard InChI is InChI=1S/C11H13N3O2/c1-7-13-8-4-2-3-5-9(8)14(7)10(6-12)11(15)16/h2-5,10H,6,12H2,1H3,(H,15,16). The molecule has 2 aromatic rings. The van der Waals surface area contributed by atoms with Gasteiger partial charge in [-0.05, 0) is 19.1 Å². The third-order valence-electron chi connectivity index (χ3n) is 2.59. The van der Waals surface area contributed by atoms with Gasteiger partial charge in [-0.2, -0.15) is 0 Å². The van der Waals surface area contributed by atoms with E-state index in [2.05, 4.69) is 4.98 Å². The molecule has 0 amide bonds. The summed E-state index contributed by atoms with van der Waals surface area (Å²) in [4.78, 5) is 15.4. The van der Waals surface area contributed by atoms with E-state index >= 15 is 0 Å².